The molecule has 0 saturated carbocycles. The second-order valence-electron chi connectivity index (χ2n) is 7.42. The number of hydrogen-bond donors (Lipinski definition) is 0. The molecule has 2 aliphatic rings. The predicted octanol–water partition coefficient (Wildman–Crippen LogP) is 2.76. The zero-order valence-electron chi connectivity index (χ0n) is 15.0. The Labute approximate surface area is 147 Å². The predicted molar refractivity (Wildman–Crippen MR) is 93.6 cm³/mol. The lowest BCUT2D eigenvalue weighted by molar-refractivity contribution is 0.0660. The molecular weight excluding hydrogens is 316 g/mol. The largest absolute Gasteiger partial charge is 0.493 e. The molecule has 132 valence electrons. The first kappa shape index (κ1) is 16.1. The average molecular weight is 340 g/mol. The van der Waals surface area contributed by atoms with E-state index in [0.717, 1.165) is 41.4 Å². The van der Waals surface area contributed by atoms with Crippen LogP contribution in [-0.2, 0) is 13.0 Å². The molecule has 1 aromatic heterocycles. The maximum Gasteiger partial charge on any atom is 0.254 e. The first-order valence-corrected chi connectivity index (χ1v) is 8.98. The molecule has 0 unspecified atom stereocenters. The van der Waals surface area contributed by atoms with Gasteiger partial charge in [0.25, 0.3) is 5.91 Å². The summed E-state index contributed by atoms with van der Waals surface area (Å²) in [5, 5.41) is 8.53. The smallest absolute Gasteiger partial charge is 0.254 e. The van der Waals surface area contributed by atoms with Crippen molar-refractivity contribution in [2.24, 2.45) is 5.92 Å². The number of amides is 1. The van der Waals surface area contributed by atoms with Crippen LogP contribution in [0.15, 0.2) is 18.2 Å². The van der Waals surface area contributed by atoms with Crippen LogP contribution >= 0.6 is 0 Å². The molecule has 0 N–H and O–H groups in total. The van der Waals surface area contributed by atoms with E-state index in [-0.39, 0.29) is 11.9 Å². The molecule has 0 bridgehead atoms. The van der Waals surface area contributed by atoms with Crippen LogP contribution in [0.3, 0.4) is 0 Å². The van der Waals surface area contributed by atoms with Crippen LogP contribution < -0.4 is 4.74 Å². The molecule has 0 aliphatic carbocycles. The Balaban J connectivity index is 1.61. The third kappa shape index (κ3) is 2.90. The molecule has 2 aromatic rings. The number of carbonyl (C=O) groups excluding carboxylic acids is 1. The van der Waals surface area contributed by atoms with Gasteiger partial charge in [-0.3, -0.25) is 4.79 Å². The van der Waals surface area contributed by atoms with Crippen LogP contribution in [0.25, 0.3) is 0 Å². The van der Waals surface area contributed by atoms with Gasteiger partial charge in [0.1, 0.15) is 11.6 Å². The topological polar surface area (TPSA) is 60.2 Å². The van der Waals surface area contributed by atoms with Gasteiger partial charge >= 0.3 is 0 Å². The van der Waals surface area contributed by atoms with E-state index in [2.05, 4.69) is 28.6 Å². The molecule has 0 spiro atoms. The van der Waals surface area contributed by atoms with Crippen molar-refractivity contribution < 1.29 is 9.53 Å². The fourth-order valence-electron chi connectivity index (χ4n) is 3.95. The molecular formula is C19H24N4O2. The summed E-state index contributed by atoms with van der Waals surface area (Å²) < 4.78 is 7.75. The van der Waals surface area contributed by atoms with Gasteiger partial charge < -0.3 is 14.2 Å². The van der Waals surface area contributed by atoms with Gasteiger partial charge in [0.05, 0.1) is 19.2 Å². The highest BCUT2D eigenvalue weighted by Crippen LogP contribution is 2.30. The van der Waals surface area contributed by atoms with E-state index in [1.807, 2.05) is 30.0 Å². The number of ether oxygens (including phenoxy) is 1. The van der Waals surface area contributed by atoms with Crippen molar-refractivity contribution in [3.63, 3.8) is 0 Å². The lowest BCUT2D eigenvalue weighted by Crippen LogP contribution is -2.42. The molecule has 1 aromatic carbocycles. The van der Waals surface area contributed by atoms with Crippen LogP contribution in [0, 0.1) is 12.8 Å². The van der Waals surface area contributed by atoms with Crippen molar-refractivity contribution in [2.75, 3.05) is 13.2 Å². The monoisotopic (exact) mass is 340 g/mol. The van der Waals surface area contributed by atoms with E-state index in [4.69, 9.17) is 4.74 Å². The van der Waals surface area contributed by atoms with E-state index in [1.165, 1.54) is 0 Å². The minimum atomic E-state index is 0.0651. The van der Waals surface area contributed by atoms with Crippen molar-refractivity contribution in [1.82, 2.24) is 19.7 Å². The summed E-state index contributed by atoms with van der Waals surface area (Å²) in [5.74, 6) is 3.33. The molecule has 6 heteroatoms. The first-order valence-electron chi connectivity index (χ1n) is 8.98. The average Bonchev–Trinajstić information content (AvgIpc) is 3.19. The zero-order valence-corrected chi connectivity index (χ0v) is 15.0. The number of fused-ring (bicyclic) bond motifs is 2. The van der Waals surface area contributed by atoms with Crippen molar-refractivity contribution in [1.29, 1.82) is 0 Å². The molecule has 0 radical (unpaired) electrons. The number of benzene rings is 1. The quantitative estimate of drug-likeness (QED) is 0.862. The Morgan fingerprint density at radius 2 is 2.20 bits per heavy atom. The molecule has 2 aliphatic heterocycles. The molecule has 25 heavy (non-hydrogen) atoms. The van der Waals surface area contributed by atoms with Gasteiger partial charge in [-0.05, 0) is 43.0 Å². The van der Waals surface area contributed by atoms with Crippen LogP contribution in [-0.4, -0.2) is 38.7 Å². The van der Waals surface area contributed by atoms with Gasteiger partial charge in [-0.2, -0.15) is 0 Å². The fourth-order valence-corrected chi connectivity index (χ4v) is 3.95. The van der Waals surface area contributed by atoms with Gasteiger partial charge in [-0.25, -0.2) is 0 Å². The Kier molecular flexibility index (Phi) is 3.98. The SMILES string of the molecule is Cc1nnc2n1[C@@H](CC(C)C)CN(C(=O)c1ccc3c(c1)CCO3)C2. The number of carbonyl (C=O) groups is 1. The second kappa shape index (κ2) is 6.17. The number of rotatable bonds is 3. The second-order valence-corrected chi connectivity index (χ2v) is 7.42. The van der Waals surface area contributed by atoms with E-state index in [9.17, 15) is 4.79 Å². The zero-order chi connectivity index (χ0) is 17.6. The Bertz CT molecular complexity index is 812. The summed E-state index contributed by atoms with van der Waals surface area (Å²) in [5.41, 5.74) is 1.86. The summed E-state index contributed by atoms with van der Waals surface area (Å²) >= 11 is 0. The lowest BCUT2D eigenvalue weighted by atomic mass is 10.0. The van der Waals surface area contributed by atoms with Crippen LogP contribution in [0.5, 0.6) is 5.75 Å². The lowest BCUT2D eigenvalue weighted by Gasteiger charge is -2.35. The summed E-state index contributed by atoms with van der Waals surface area (Å²) in [4.78, 5) is 15.0. The third-order valence-corrected chi connectivity index (χ3v) is 5.03. The molecule has 3 heterocycles. The Morgan fingerprint density at radius 1 is 1.36 bits per heavy atom. The standard InChI is InChI=1S/C19H24N4O2/c1-12(2)8-16-10-22(11-18-21-20-13(3)23(16)18)19(24)15-4-5-17-14(9-15)6-7-25-17/h4-5,9,12,16H,6-8,10-11H2,1-3H3/t16-/m0/s1. The highest BCUT2D eigenvalue weighted by atomic mass is 16.5. The molecule has 1 amide bonds. The minimum absolute atomic E-state index is 0.0651. The molecule has 0 fully saturated rings. The van der Waals surface area contributed by atoms with Crippen molar-refractivity contribution in [2.45, 2.75) is 46.2 Å². The minimum Gasteiger partial charge on any atom is -0.493 e. The Morgan fingerprint density at radius 3 is 3.00 bits per heavy atom. The number of nitrogens with zero attached hydrogens (tertiary/aromatic N) is 4. The maximum atomic E-state index is 13.1. The number of aryl methyl sites for hydroxylation is 1. The van der Waals surface area contributed by atoms with Crippen molar-refractivity contribution in [3.8, 4) is 5.75 Å². The Hall–Kier alpha value is -2.37. The molecule has 0 saturated heterocycles. The highest BCUT2D eigenvalue weighted by molar-refractivity contribution is 5.94. The summed E-state index contributed by atoms with van der Waals surface area (Å²) in [6.07, 6.45) is 1.88. The number of hydrogen-bond acceptors (Lipinski definition) is 4. The maximum absolute atomic E-state index is 13.1. The van der Waals surface area contributed by atoms with Crippen LogP contribution in [0.4, 0.5) is 0 Å². The van der Waals surface area contributed by atoms with E-state index in [0.29, 0.717) is 25.6 Å². The fraction of sp³-hybridized carbons (Fsp3) is 0.526. The number of aromatic nitrogens is 3. The summed E-state index contributed by atoms with van der Waals surface area (Å²) in [6, 6.07) is 6.00. The molecule has 6 nitrogen and oxygen atoms in total. The molecule has 1 atom stereocenters. The normalized spacial score (nSPS) is 18.9. The van der Waals surface area contributed by atoms with Gasteiger partial charge in [0, 0.05) is 18.5 Å². The van der Waals surface area contributed by atoms with E-state index < -0.39 is 0 Å². The van der Waals surface area contributed by atoms with Crippen LogP contribution in [0.1, 0.15) is 53.9 Å². The summed E-state index contributed by atoms with van der Waals surface area (Å²) in [6.45, 7) is 8.33. The van der Waals surface area contributed by atoms with Crippen LogP contribution in [0.2, 0.25) is 0 Å². The van der Waals surface area contributed by atoms with Gasteiger partial charge in [0.2, 0.25) is 0 Å². The van der Waals surface area contributed by atoms with Gasteiger partial charge in [-0.15, -0.1) is 10.2 Å². The van der Waals surface area contributed by atoms with E-state index >= 15 is 0 Å². The van der Waals surface area contributed by atoms with Crippen molar-refractivity contribution in [3.05, 3.63) is 41.0 Å². The third-order valence-electron chi connectivity index (χ3n) is 5.03. The van der Waals surface area contributed by atoms with E-state index in [1.54, 1.807) is 0 Å². The van der Waals surface area contributed by atoms with Crippen molar-refractivity contribution >= 4 is 5.91 Å². The van der Waals surface area contributed by atoms with Gasteiger partial charge in [0.15, 0.2) is 5.82 Å². The summed E-state index contributed by atoms with van der Waals surface area (Å²) in [7, 11) is 0. The first-order chi connectivity index (χ1) is 12.0. The molecule has 4 rings (SSSR count). The highest BCUT2D eigenvalue weighted by Gasteiger charge is 2.31. The van der Waals surface area contributed by atoms with Gasteiger partial charge in [-0.1, -0.05) is 13.8 Å².